The summed E-state index contributed by atoms with van der Waals surface area (Å²) in [6, 6.07) is 3.20. The SMILES string of the molecule is CC(C)(C)OC(=O)NC1CCC(Nc2nc(-c3cnc4ccc(F)cn34)ncc2N)CC1. The topological polar surface area (TPSA) is 119 Å². The highest BCUT2D eigenvalue weighted by atomic mass is 19.1. The highest BCUT2D eigenvalue weighted by Gasteiger charge is 2.25. The van der Waals surface area contributed by atoms with Crippen LogP contribution >= 0.6 is 0 Å². The van der Waals surface area contributed by atoms with Crippen LogP contribution in [0.2, 0.25) is 0 Å². The number of aromatic nitrogens is 4. The molecule has 9 nitrogen and oxygen atoms in total. The number of amides is 1. The van der Waals surface area contributed by atoms with E-state index in [-0.39, 0.29) is 24.0 Å². The molecule has 3 aromatic heterocycles. The van der Waals surface area contributed by atoms with Crippen LogP contribution in [0.1, 0.15) is 46.5 Å². The van der Waals surface area contributed by atoms with Gasteiger partial charge in [-0.1, -0.05) is 0 Å². The van der Waals surface area contributed by atoms with Gasteiger partial charge in [0, 0.05) is 18.3 Å². The number of fused-ring (bicyclic) bond motifs is 1. The van der Waals surface area contributed by atoms with Gasteiger partial charge in [-0.3, -0.25) is 4.40 Å². The normalized spacial score (nSPS) is 19.0. The number of imidazole rings is 1. The van der Waals surface area contributed by atoms with Gasteiger partial charge in [-0.05, 0) is 58.6 Å². The number of pyridine rings is 1. The van der Waals surface area contributed by atoms with Crippen LogP contribution in [0, 0.1) is 5.82 Å². The molecule has 170 valence electrons. The molecule has 4 rings (SSSR count). The number of nitrogen functional groups attached to an aromatic ring is 1. The van der Waals surface area contributed by atoms with Crippen molar-refractivity contribution in [1.82, 2.24) is 24.7 Å². The highest BCUT2D eigenvalue weighted by molar-refractivity contribution is 5.68. The van der Waals surface area contributed by atoms with E-state index in [1.165, 1.54) is 12.3 Å². The van der Waals surface area contributed by atoms with Gasteiger partial charge >= 0.3 is 6.09 Å². The zero-order chi connectivity index (χ0) is 22.9. The van der Waals surface area contributed by atoms with Crippen molar-refractivity contribution in [1.29, 1.82) is 0 Å². The fourth-order valence-corrected chi connectivity index (χ4v) is 3.80. The van der Waals surface area contributed by atoms with E-state index in [0.29, 0.717) is 28.7 Å². The van der Waals surface area contributed by atoms with Gasteiger partial charge in [-0.2, -0.15) is 0 Å². The molecule has 1 aliphatic rings. The van der Waals surface area contributed by atoms with Gasteiger partial charge in [-0.25, -0.2) is 24.1 Å². The molecule has 0 radical (unpaired) electrons. The molecule has 4 N–H and O–H groups in total. The molecule has 0 bridgehead atoms. The molecule has 3 heterocycles. The van der Waals surface area contributed by atoms with Crippen LogP contribution < -0.4 is 16.4 Å². The Kier molecular flexibility index (Phi) is 5.86. The molecule has 1 fully saturated rings. The number of nitrogens with zero attached hydrogens (tertiary/aromatic N) is 4. The Hall–Kier alpha value is -3.43. The second kappa shape index (κ2) is 8.60. The number of alkyl carbamates (subject to hydrolysis) is 1. The van der Waals surface area contributed by atoms with Gasteiger partial charge in [0.05, 0.1) is 18.1 Å². The number of nitrogens with two attached hydrogens (primary N) is 1. The number of hydrogen-bond acceptors (Lipinski definition) is 7. The summed E-state index contributed by atoms with van der Waals surface area (Å²) in [5, 5.41) is 6.34. The Balaban J connectivity index is 1.41. The Morgan fingerprint density at radius 3 is 2.59 bits per heavy atom. The van der Waals surface area contributed by atoms with Gasteiger partial charge in [0.15, 0.2) is 11.6 Å². The predicted octanol–water partition coefficient (Wildman–Crippen LogP) is 3.76. The number of ether oxygens (including phenoxy) is 1. The van der Waals surface area contributed by atoms with Crippen LogP contribution in [0.5, 0.6) is 0 Å². The average molecular weight is 442 g/mol. The van der Waals surface area contributed by atoms with Gasteiger partial charge in [-0.15, -0.1) is 0 Å². The third-order valence-electron chi connectivity index (χ3n) is 5.30. The zero-order valence-electron chi connectivity index (χ0n) is 18.4. The number of rotatable bonds is 4. The molecule has 1 amide bonds. The molecule has 0 unspecified atom stereocenters. The predicted molar refractivity (Wildman–Crippen MR) is 120 cm³/mol. The van der Waals surface area contributed by atoms with Crippen LogP contribution in [0.4, 0.5) is 20.7 Å². The highest BCUT2D eigenvalue weighted by Crippen LogP contribution is 2.26. The lowest BCUT2D eigenvalue weighted by atomic mass is 9.91. The number of halogens is 1. The second-order valence-corrected chi connectivity index (χ2v) is 9.06. The summed E-state index contributed by atoms with van der Waals surface area (Å²) in [7, 11) is 0. The van der Waals surface area contributed by atoms with Crippen LogP contribution in [-0.2, 0) is 4.74 Å². The Labute approximate surface area is 185 Å². The molecule has 0 saturated heterocycles. The summed E-state index contributed by atoms with van der Waals surface area (Å²) in [4.78, 5) is 25.2. The third-order valence-corrected chi connectivity index (χ3v) is 5.30. The maximum atomic E-state index is 13.7. The van der Waals surface area contributed by atoms with Crippen LogP contribution in [0.25, 0.3) is 17.2 Å². The molecule has 10 heteroatoms. The molecule has 1 aliphatic carbocycles. The summed E-state index contributed by atoms with van der Waals surface area (Å²) >= 11 is 0. The van der Waals surface area contributed by atoms with Crippen molar-refractivity contribution in [3.05, 3.63) is 36.5 Å². The van der Waals surface area contributed by atoms with E-state index in [1.807, 2.05) is 20.8 Å². The van der Waals surface area contributed by atoms with E-state index in [0.717, 1.165) is 25.7 Å². The Bertz CT molecular complexity index is 1120. The molecule has 0 spiro atoms. The lowest BCUT2D eigenvalue weighted by Crippen LogP contribution is -2.42. The quantitative estimate of drug-likeness (QED) is 0.564. The first-order valence-electron chi connectivity index (χ1n) is 10.7. The van der Waals surface area contributed by atoms with Crippen molar-refractivity contribution in [2.75, 3.05) is 11.1 Å². The number of carbonyl (C=O) groups is 1. The maximum Gasteiger partial charge on any atom is 0.407 e. The van der Waals surface area contributed by atoms with E-state index in [4.69, 9.17) is 10.5 Å². The first kappa shape index (κ1) is 21.8. The zero-order valence-corrected chi connectivity index (χ0v) is 18.4. The summed E-state index contributed by atoms with van der Waals surface area (Å²) in [6.45, 7) is 5.53. The van der Waals surface area contributed by atoms with Crippen LogP contribution in [0.15, 0.2) is 30.7 Å². The maximum absolute atomic E-state index is 13.7. The van der Waals surface area contributed by atoms with Crippen LogP contribution in [0.3, 0.4) is 0 Å². The largest absolute Gasteiger partial charge is 0.444 e. The first-order chi connectivity index (χ1) is 15.2. The molecule has 0 aliphatic heterocycles. The minimum atomic E-state index is -0.516. The van der Waals surface area contributed by atoms with Crippen molar-refractivity contribution in [2.24, 2.45) is 0 Å². The first-order valence-corrected chi connectivity index (χ1v) is 10.7. The third kappa shape index (κ3) is 5.06. The monoisotopic (exact) mass is 441 g/mol. The van der Waals surface area contributed by atoms with E-state index in [2.05, 4.69) is 25.6 Å². The molecular formula is C22H28FN7O2. The lowest BCUT2D eigenvalue weighted by Gasteiger charge is -2.31. The standard InChI is InChI=1S/C22H28FN7O2/c1-22(2,3)32-21(31)28-15-7-5-14(6-8-15)27-19-16(24)10-26-20(29-19)17-11-25-18-9-4-13(23)12-30(17)18/h4,9-12,14-15H,5-8,24H2,1-3H3,(H,28,31)(H,26,27,29). The van der Waals surface area contributed by atoms with Crippen molar-refractivity contribution in [3.8, 4) is 11.5 Å². The smallest absolute Gasteiger partial charge is 0.407 e. The molecule has 0 aromatic carbocycles. The van der Waals surface area contributed by atoms with Crippen molar-refractivity contribution < 1.29 is 13.9 Å². The Morgan fingerprint density at radius 2 is 1.88 bits per heavy atom. The summed E-state index contributed by atoms with van der Waals surface area (Å²) in [5.74, 6) is 0.562. The summed E-state index contributed by atoms with van der Waals surface area (Å²) in [5.41, 5.74) is 7.20. The van der Waals surface area contributed by atoms with E-state index < -0.39 is 5.60 Å². The number of hydrogen-bond donors (Lipinski definition) is 3. The second-order valence-electron chi connectivity index (χ2n) is 9.06. The molecule has 3 aromatic rings. The fraction of sp³-hybridized carbons (Fsp3) is 0.455. The fourth-order valence-electron chi connectivity index (χ4n) is 3.80. The molecule has 0 atom stereocenters. The molecule has 1 saturated carbocycles. The molecular weight excluding hydrogens is 413 g/mol. The van der Waals surface area contributed by atoms with Gasteiger partial charge < -0.3 is 21.1 Å². The van der Waals surface area contributed by atoms with E-state index >= 15 is 0 Å². The van der Waals surface area contributed by atoms with Crippen LogP contribution in [-0.4, -0.2) is 43.1 Å². The summed E-state index contributed by atoms with van der Waals surface area (Å²) < 4.78 is 20.6. The minimum Gasteiger partial charge on any atom is -0.444 e. The van der Waals surface area contributed by atoms with Crippen molar-refractivity contribution >= 4 is 23.2 Å². The molecule has 32 heavy (non-hydrogen) atoms. The van der Waals surface area contributed by atoms with Gasteiger partial charge in [0.1, 0.15) is 22.8 Å². The minimum absolute atomic E-state index is 0.0780. The number of carbonyl (C=O) groups excluding carboxylic acids is 1. The van der Waals surface area contributed by atoms with Gasteiger partial charge in [0.2, 0.25) is 0 Å². The van der Waals surface area contributed by atoms with E-state index in [9.17, 15) is 9.18 Å². The van der Waals surface area contributed by atoms with Crippen molar-refractivity contribution in [2.45, 2.75) is 64.1 Å². The summed E-state index contributed by atoms with van der Waals surface area (Å²) in [6.07, 6.45) is 7.45. The number of anilines is 2. The average Bonchev–Trinajstić information content (AvgIpc) is 3.12. The van der Waals surface area contributed by atoms with Gasteiger partial charge in [0.25, 0.3) is 0 Å². The Morgan fingerprint density at radius 1 is 1.16 bits per heavy atom. The van der Waals surface area contributed by atoms with Crippen molar-refractivity contribution in [3.63, 3.8) is 0 Å². The lowest BCUT2D eigenvalue weighted by molar-refractivity contribution is 0.0492. The van der Waals surface area contributed by atoms with E-state index in [1.54, 1.807) is 22.9 Å². The number of nitrogens with one attached hydrogen (secondary N) is 2.